The first-order valence-electron chi connectivity index (χ1n) is 10.3. The Bertz CT molecular complexity index is 1080. The van der Waals surface area contributed by atoms with Gasteiger partial charge in [0.15, 0.2) is 0 Å². The SMILES string of the molecule is Cc1cc(F)ccc1-c1nc(NCCO)nc2c1CNC[N+]2([O-])[C@@H](C)c1ccccc1. The number of halogens is 1. The van der Waals surface area contributed by atoms with Gasteiger partial charge in [0.2, 0.25) is 11.8 Å². The van der Waals surface area contributed by atoms with Gasteiger partial charge in [-0.3, -0.25) is 9.96 Å². The lowest BCUT2D eigenvalue weighted by atomic mass is 9.99. The number of anilines is 1. The number of aliphatic hydroxyl groups is 1. The molecule has 0 spiro atoms. The topological polar surface area (TPSA) is 93.1 Å². The van der Waals surface area contributed by atoms with E-state index in [-0.39, 0.29) is 31.6 Å². The van der Waals surface area contributed by atoms with Crippen LogP contribution in [0.15, 0.2) is 48.5 Å². The summed E-state index contributed by atoms with van der Waals surface area (Å²) in [6.07, 6.45) is 0. The van der Waals surface area contributed by atoms with E-state index in [9.17, 15) is 14.7 Å². The van der Waals surface area contributed by atoms with Crippen LogP contribution in [0.5, 0.6) is 0 Å². The van der Waals surface area contributed by atoms with Crippen molar-refractivity contribution in [3.63, 3.8) is 0 Å². The van der Waals surface area contributed by atoms with Crippen LogP contribution in [0.2, 0.25) is 0 Å². The van der Waals surface area contributed by atoms with E-state index < -0.39 is 10.7 Å². The molecule has 8 heteroatoms. The summed E-state index contributed by atoms with van der Waals surface area (Å²) >= 11 is 0. The molecule has 0 aliphatic carbocycles. The average molecular weight is 423 g/mol. The van der Waals surface area contributed by atoms with Crippen LogP contribution in [0.3, 0.4) is 0 Å². The number of aromatic nitrogens is 2. The number of aliphatic hydroxyl groups excluding tert-OH is 1. The summed E-state index contributed by atoms with van der Waals surface area (Å²) in [6, 6.07) is 13.7. The first-order chi connectivity index (χ1) is 14.9. The van der Waals surface area contributed by atoms with Crippen LogP contribution in [-0.2, 0) is 6.54 Å². The van der Waals surface area contributed by atoms with Crippen molar-refractivity contribution in [3.8, 4) is 11.3 Å². The Labute approximate surface area is 180 Å². The third-order valence-electron chi connectivity index (χ3n) is 5.74. The first-order valence-corrected chi connectivity index (χ1v) is 10.3. The summed E-state index contributed by atoms with van der Waals surface area (Å²) < 4.78 is 13.0. The minimum Gasteiger partial charge on any atom is -0.625 e. The molecule has 2 aromatic carbocycles. The van der Waals surface area contributed by atoms with Crippen molar-refractivity contribution in [1.29, 1.82) is 0 Å². The number of fused-ring (bicyclic) bond motifs is 1. The van der Waals surface area contributed by atoms with E-state index in [1.54, 1.807) is 6.07 Å². The molecule has 0 bridgehead atoms. The van der Waals surface area contributed by atoms with Crippen LogP contribution in [0, 0.1) is 17.9 Å². The molecule has 3 N–H and O–H groups in total. The number of aryl methyl sites for hydroxylation is 1. The van der Waals surface area contributed by atoms with Gasteiger partial charge in [0.25, 0.3) is 0 Å². The lowest BCUT2D eigenvalue weighted by molar-refractivity contribution is 0.249. The molecule has 4 rings (SSSR count). The fraction of sp³-hybridized carbons (Fsp3) is 0.304. The Kier molecular flexibility index (Phi) is 5.97. The maximum absolute atomic E-state index is 14.2. The fourth-order valence-electron chi connectivity index (χ4n) is 4.02. The van der Waals surface area contributed by atoms with Crippen molar-refractivity contribution in [3.05, 3.63) is 76.2 Å². The highest BCUT2D eigenvalue weighted by molar-refractivity contribution is 5.73. The molecule has 1 aromatic heterocycles. The quantitative estimate of drug-likeness (QED) is 0.414. The van der Waals surface area contributed by atoms with E-state index >= 15 is 0 Å². The van der Waals surface area contributed by atoms with Gasteiger partial charge < -0.3 is 15.6 Å². The van der Waals surface area contributed by atoms with Gasteiger partial charge in [-0.25, -0.2) is 9.37 Å². The Morgan fingerprint density at radius 2 is 2.00 bits per heavy atom. The summed E-state index contributed by atoms with van der Waals surface area (Å²) in [6.45, 7) is 4.48. The molecule has 2 atom stereocenters. The van der Waals surface area contributed by atoms with Gasteiger partial charge >= 0.3 is 0 Å². The van der Waals surface area contributed by atoms with Crippen LogP contribution in [-0.4, -0.2) is 34.9 Å². The largest absolute Gasteiger partial charge is 0.625 e. The number of hydrogen-bond acceptors (Lipinski definition) is 6. The number of hydroxylamine groups is 2. The molecule has 1 aliphatic heterocycles. The smallest absolute Gasteiger partial charge is 0.239 e. The Morgan fingerprint density at radius 3 is 2.71 bits per heavy atom. The average Bonchev–Trinajstić information content (AvgIpc) is 2.78. The van der Waals surface area contributed by atoms with E-state index in [1.807, 2.05) is 44.2 Å². The van der Waals surface area contributed by atoms with Crippen LogP contribution < -0.4 is 15.3 Å². The molecule has 1 unspecified atom stereocenters. The number of rotatable bonds is 6. The van der Waals surface area contributed by atoms with Crippen molar-refractivity contribution < 1.29 is 9.50 Å². The Morgan fingerprint density at radius 1 is 1.23 bits per heavy atom. The maximum atomic E-state index is 14.2. The standard InChI is InChI=1S/C23H26FN5O2/c1-15-12-18(24)8-9-19(15)21-20-13-25-14-29(31,16(2)17-6-4-3-5-7-17)22(20)28-23(27-21)26-10-11-30/h3-9,12,16,25,30H,10-11,13-14H2,1-2H3,(H,26,27,28)/t16-,29?/m0/s1. The van der Waals surface area contributed by atoms with Crippen LogP contribution in [0.25, 0.3) is 11.3 Å². The zero-order valence-electron chi connectivity index (χ0n) is 17.6. The molecule has 31 heavy (non-hydrogen) atoms. The summed E-state index contributed by atoms with van der Waals surface area (Å²) in [5.74, 6) is 0.323. The highest BCUT2D eigenvalue weighted by Crippen LogP contribution is 2.41. The van der Waals surface area contributed by atoms with Gasteiger partial charge in [0.05, 0.1) is 17.9 Å². The van der Waals surface area contributed by atoms with Gasteiger partial charge in [-0.2, -0.15) is 4.98 Å². The summed E-state index contributed by atoms with van der Waals surface area (Å²) in [4.78, 5) is 9.23. The molecule has 3 aromatic rings. The van der Waals surface area contributed by atoms with Crippen molar-refractivity contribution in [2.75, 3.05) is 25.1 Å². The fourth-order valence-corrected chi connectivity index (χ4v) is 4.02. The Balaban J connectivity index is 1.90. The third-order valence-corrected chi connectivity index (χ3v) is 5.74. The molecule has 0 saturated carbocycles. The zero-order chi connectivity index (χ0) is 22.0. The minimum atomic E-state index is -0.692. The van der Waals surface area contributed by atoms with E-state index in [1.165, 1.54) is 12.1 Å². The second-order valence-corrected chi connectivity index (χ2v) is 7.77. The summed E-state index contributed by atoms with van der Waals surface area (Å²) in [5, 5.41) is 29.7. The van der Waals surface area contributed by atoms with E-state index in [2.05, 4.69) is 20.6 Å². The van der Waals surface area contributed by atoms with Crippen molar-refractivity contribution in [2.45, 2.75) is 26.4 Å². The minimum absolute atomic E-state index is 0.0926. The maximum Gasteiger partial charge on any atom is 0.239 e. The monoisotopic (exact) mass is 423 g/mol. The molecule has 1 aliphatic rings. The molecular formula is C23H26FN5O2. The molecule has 0 saturated heterocycles. The number of benzene rings is 2. The normalized spacial score (nSPS) is 19.0. The molecule has 2 heterocycles. The number of nitrogens with zero attached hydrogens (tertiary/aromatic N) is 3. The number of hydrogen-bond donors (Lipinski definition) is 3. The lowest BCUT2D eigenvalue weighted by Gasteiger charge is -2.49. The second-order valence-electron chi connectivity index (χ2n) is 7.77. The highest BCUT2D eigenvalue weighted by atomic mass is 19.1. The first kappa shape index (κ1) is 21.3. The third kappa shape index (κ3) is 4.03. The van der Waals surface area contributed by atoms with E-state index in [0.29, 0.717) is 23.6 Å². The molecule has 7 nitrogen and oxygen atoms in total. The number of quaternary nitrogens is 1. The predicted octanol–water partition coefficient (Wildman–Crippen LogP) is 3.62. The molecular weight excluding hydrogens is 397 g/mol. The van der Waals surface area contributed by atoms with E-state index in [4.69, 9.17) is 0 Å². The number of nitrogens with one attached hydrogen (secondary N) is 2. The molecule has 162 valence electrons. The van der Waals surface area contributed by atoms with Gasteiger partial charge in [-0.05, 0) is 37.6 Å². The Hall–Kier alpha value is -2.91. The van der Waals surface area contributed by atoms with Gasteiger partial charge in [0, 0.05) is 24.2 Å². The summed E-state index contributed by atoms with van der Waals surface area (Å²) in [5.41, 5.74) is 3.67. The molecule has 0 radical (unpaired) electrons. The van der Waals surface area contributed by atoms with Crippen LogP contribution >= 0.6 is 0 Å². The van der Waals surface area contributed by atoms with Crippen LogP contribution in [0.4, 0.5) is 16.2 Å². The predicted molar refractivity (Wildman–Crippen MR) is 119 cm³/mol. The van der Waals surface area contributed by atoms with Gasteiger partial charge in [-0.1, -0.05) is 30.3 Å². The van der Waals surface area contributed by atoms with Crippen molar-refractivity contribution >= 4 is 11.8 Å². The van der Waals surface area contributed by atoms with Crippen molar-refractivity contribution in [2.24, 2.45) is 0 Å². The lowest BCUT2D eigenvalue weighted by Crippen LogP contribution is -2.55. The second kappa shape index (κ2) is 8.68. The van der Waals surface area contributed by atoms with Gasteiger partial charge in [-0.15, -0.1) is 0 Å². The van der Waals surface area contributed by atoms with E-state index in [0.717, 1.165) is 16.7 Å². The molecule has 0 fully saturated rings. The highest BCUT2D eigenvalue weighted by Gasteiger charge is 2.38. The summed E-state index contributed by atoms with van der Waals surface area (Å²) in [7, 11) is 0. The van der Waals surface area contributed by atoms with Crippen molar-refractivity contribution in [1.82, 2.24) is 19.9 Å². The zero-order valence-corrected chi connectivity index (χ0v) is 17.6. The van der Waals surface area contributed by atoms with Gasteiger partial charge in [0.1, 0.15) is 18.5 Å². The van der Waals surface area contributed by atoms with Crippen LogP contribution in [0.1, 0.15) is 29.7 Å². The molecule has 0 amide bonds.